The van der Waals surface area contributed by atoms with E-state index in [9.17, 15) is 15.8 Å². The molecule has 1 aromatic rings. The lowest BCUT2D eigenvalue weighted by Crippen LogP contribution is -2.43. The first-order chi connectivity index (χ1) is 17.5. The van der Waals surface area contributed by atoms with Crippen molar-refractivity contribution >= 4 is 0 Å². The summed E-state index contributed by atoms with van der Waals surface area (Å²) in [6.07, 6.45) is 3.66. The van der Waals surface area contributed by atoms with Gasteiger partial charge in [0, 0.05) is 25.6 Å². The lowest BCUT2D eigenvalue weighted by Gasteiger charge is -2.44. The van der Waals surface area contributed by atoms with Crippen LogP contribution in [0.4, 0.5) is 0 Å². The minimum atomic E-state index is -1.65. The number of ether oxygens (including phenoxy) is 3. The number of morpholine rings is 1. The largest absolute Gasteiger partial charge is 0.490 e. The summed E-state index contributed by atoms with van der Waals surface area (Å²) >= 11 is 0. The zero-order valence-corrected chi connectivity index (χ0v) is 21.0. The fraction of sp³-hybridized carbons (Fsp3) is 0.536. The van der Waals surface area contributed by atoms with Gasteiger partial charge >= 0.3 is 0 Å². The Morgan fingerprint density at radius 3 is 2.56 bits per heavy atom. The van der Waals surface area contributed by atoms with Crippen LogP contribution in [0.2, 0.25) is 0 Å². The molecule has 1 heterocycles. The Morgan fingerprint density at radius 2 is 1.89 bits per heavy atom. The molecule has 8 nitrogen and oxygen atoms in total. The lowest BCUT2D eigenvalue weighted by atomic mass is 9.56. The Morgan fingerprint density at radius 1 is 1.14 bits per heavy atom. The van der Waals surface area contributed by atoms with Crippen LogP contribution in [0.3, 0.4) is 0 Å². The van der Waals surface area contributed by atoms with Gasteiger partial charge in [-0.05, 0) is 54.9 Å². The van der Waals surface area contributed by atoms with Gasteiger partial charge in [-0.15, -0.1) is 0 Å². The van der Waals surface area contributed by atoms with E-state index in [0.717, 1.165) is 56.8 Å². The molecule has 2 N–H and O–H groups in total. The van der Waals surface area contributed by atoms with Crippen LogP contribution in [-0.4, -0.2) is 51.0 Å². The van der Waals surface area contributed by atoms with E-state index in [1.807, 2.05) is 25.1 Å². The van der Waals surface area contributed by atoms with Crippen molar-refractivity contribution in [1.29, 1.82) is 15.8 Å². The fourth-order valence-electron chi connectivity index (χ4n) is 5.67. The second-order valence-electron chi connectivity index (χ2n) is 9.69. The number of nitrogens with zero attached hydrogens (tertiary/aromatic N) is 4. The number of nitriles is 3. The van der Waals surface area contributed by atoms with Gasteiger partial charge in [0.05, 0.1) is 43.2 Å². The monoisotopic (exact) mass is 487 g/mol. The first-order valence-corrected chi connectivity index (χ1v) is 12.6. The molecule has 3 atom stereocenters. The maximum atomic E-state index is 10.3. The highest BCUT2D eigenvalue weighted by Gasteiger charge is 2.54. The number of fused-ring (bicyclic) bond motifs is 1. The number of nitrogens with two attached hydrogens (primary N) is 1. The van der Waals surface area contributed by atoms with Gasteiger partial charge in [0.1, 0.15) is 12.7 Å². The number of hydrogen-bond acceptors (Lipinski definition) is 8. The third-order valence-corrected chi connectivity index (χ3v) is 7.51. The summed E-state index contributed by atoms with van der Waals surface area (Å²) in [6.45, 7) is 9.06. The van der Waals surface area contributed by atoms with Crippen LogP contribution in [-0.2, 0) is 4.74 Å². The number of hydrogen-bond donors (Lipinski definition) is 1. The Bertz CT molecular complexity index is 1150. The van der Waals surface area contributed by atoms with Crippen LogP contribution < -0.4 is 15.2 Å². The van der Waals surface area contributed by atoms with E-state index < -0.39 is 11.3 Å². The highest BCUT2D eigenvalue weighted by molar-refractivity contribution is 5.60. The van der Waals surface area contributed by atoms with Crippen molar-refractivity contribution < 1.29 is 14.2 Å². The maximum Gasteiger partial charge on any atom is 0.191 e. The van der Waals surface area contributed by atoms with E-state index in [1.54, 1.807) is 0 Å². The molecular weight excluding hydrogens is 454 g/mol. The standard InChI is InChI=1S/C28H33N5O3/c1-3-35-25-15-20(5-7-24(25)36-13-10-33-8-11-34-12-9-33)26-22-14-19(2)4-6-21(22)23(16-29)27(32)28(26,17-30)18-31/h5-7,15,19,22,26H,3-4,8-14,32H2,1-2H3/t19?,22-,26+/m0/s1. The first kappa shape index (κ1) is 25.6. The molecule has 3 aliphatic rings. The Kier molecular flexibility index (Phi) is 7.85. The van der Waals surface area contributed by atoms with Crippen molar-refractivity contribution in [2.75, 3.05) is 46.1 Å². The van der Waals surface area contributed by atoms with Crippen molar-refractivity contribution in [2.24, 2.45) is 23.0 Å². The number of benzene rings is 1. The van der Waals surface area contributed by atoms with Crippen LogP contribution >= 0.6 is 0 Å². The van der Waals surface area contributed by atoms with E-state index in [-0.39, 0.29) is 17.2 Å². The van der Waals surface area contributed by atoms with Crippen molar-refractivity contribution in [3.8, 4) is 29.7 Å². The molecule has 0 aromatic heterocycles. The van der Waals surface area contributed by atoms with Gasteiger partial charge in [0.25, 0.3) is 0 Å². The van der Waals surface area contributed by atoms with Crippen LogP contribution in [0.1, 0.15) is 38.2 Å². The third kappa shape index (κ3) is 4.65. The molecule has 0 spiro atoms. The highest BCUT2D eigenvalue weighted by Crippen LogP contribution is 2.57. The van der Waals surface area contributed by atoms with Crippen molar-refractivity contribution in [3.05, 3.63) is 46.7 Å². The molecule has 8 heteroatoms. The molecule has 0 radical (unpaired) electrons. The molecule has 1 aromatic carbocycles. The zero-order valence-electron chi connectivity index (χ0n) is 21.0. The van der Waals surface area contributed by atoms with Crippen molar-refractivity contribution in [3.63, 3.8) is 0 Å². The van der Waals surface area contributed by atoms with E-state index in [1.165, 1.54) is 0 Å². The quantitative estimate of drug-likeness (QED) is 0.617. The molecular formula is C28H33N5O3. The summed E-state index contributed by atoms with van der Waals surface area (Å²) in [5.41, 5.74) is 6.73. The smallest absolute Gasteiger partial charge is 0.191 e. The predicted molar refractivity (Wildman–Crippen MR) is 134 cm³/mol. The van der Waals surface area contributed by atoms with Crippen LogP contribution in [0.5, 0.6) is 11.5 Å². The third-order valence-electron chi connectivity index (χ3n) is 7.51. The molecule has 0 saturated carbocycles. The van der Waals surface area contributed by atoms with E-state index in [4.69, 9.17) is 19.9 Å². The molecule has 0 bridgehead atoms. The average Bonchev–Trinajstić information content (AvgIpc) is 2.90. The van der Waals surface area contributed by atoms with Crippen LogP contribution in [0.15, 0.2) is 41.1 Å². The van der Waals surface area contributed by atoms with Crippen LogP contribution in [0, 0.1) is 51.2 Å². The fourth-order valence-corrected chi connectivity index (χ4v) is 5.67. The van der Waals surface area contributed by atoms with Gasteiger partial charge in [-0.25, -0.2) is 0 Å². The minimum absolute atomic E-state index is 0.0425. The maximum absolute atomic E-state index is 10.3. The molecule has 0 amide bonds. The normalized spacial score (nSPS) is 25.5. The van der Waals surface area contributed by atoms with Gasteiger partial charge in [-0.1, -0.05) is 19.1 Å². The molecule has 4 rings (SSSR count). The summed E-state index contributed by atoms with van der Waals surface area (Å²) in [7, 11) is 0. The van der Waals surface area contributed by atoms with E-state index >= 15 is 0 Å². The summed E-state index contributed by atoms with van der Waals surface area (Å²) < 4.78 is 17.4. The second kappa shape index (κ2) is 11.0. The predicted octanol–water partition coefficient (Wildman–Crippen LogP) is 3.64. The summed E-state index contributed by atoms with van der Waals surface area (Å²) in [5.74, 6) is 0.866. The van der Waals surface area contributed by atoms with Gasteiger partial charge in [0.15, 0.2) is 16.9 Å². The SMILES string of the molecule is CCOc1cc([C@@H]2[C@H]3CC(C)CC=C3C(C#N)=C(N)C2(C#N)C#N)ccc1OCCN1CCOCC1. The molecule has 1 aliphatic heterocycles. The Balaban J connectivity index is 1.70. The van der Waals surface area contributed by atoms with Crippen molar-refractivity contribution in [1.82, 2.24) is 4.90 Å². The second-order valence-corrected chi connectivity index (χ2v) is 9.69. The van der Waals surface area contributed by atoms with Crippen molar-refractivity contribution in [2.45, 2.75) is 32.6 Å². The molecule has 1 saturated heterocycles. The minimum Gasteiger partial charge on any atom is -0.490 e. The van der Waals surface area contributed by atoms with E-state index in [0.29, 0.717) is 30.6 Å². The highest BCUT2D eigenvalue weighted by atomic mass is 16.5. The van der Waals surface area contributed by atoms with E-state index in [2.05, 4.69) is 36.1 Å². The average molecular weight is 488 g/mol. The van der Waals surface area contributed by atoms with Gasteiger partial charge in [-0.2, -0.15) is 15.8 Å². The molecule has 1 fully saturated rings. The van der Waals surface area contributed by atoms with Crippen LogP contribution in [0.25, 0.3) is 0 Å². The lowest BCUT2D eigenvalue weighted by molar-refractivity contribution is 0.0321. The number of allylic oxidation sites excluding steroid dienone is 4. The summed E-state index contributed by atoms with van der Waals surface area (Å²) in [5, 5.41) is 30.5. The summed E-state index contributed by atoms with van der Waals surface area (Å²) in [6, 6.07) is 12.2. The first-order valence-electron chi connectivity index (χ1n) is 12.6. The Hall–Kier alpha value is -3.51. The Labute approximate surface area is 213 Å². The summed E-state index contributed by atoms with van der Waals surface area (Å²) in [4.78, 5) is 2.30. The molecule has 188 valence electrons. The van der Waals surface area contributed by atoms with Gasteiger partial charge in [0.2, 0.25) is 0 Å². The number of rotatable bonds is 7. The van der Waals surface area contributed by atoms with Gasteiger partial charge in [-0.3, -0.25) is 4.90 Å². The van der Waals surface area contributed by atoms with Gasteiger partial charge < -0.3 is 19.9 Å². The molecule has 1 unspecified atom stereocenters. The topological polar surface area (TPSA) is 128 Å². The molecule has 36 heavy (non-hydrogen) atoms. The zero-order chi connectivity index (χ0) is 25.7. The molecule has 2 aliphatic carbocycles.